The second-order valence-electron chi connectivity index (χ2n) is 7.01. The number of aromatic nitrogens is 3. The summed E-state index contributed by atoms with van der Waals surface area (Å²) in [5.41, 5.74) is 2.68. The van der Waals surface area contributed by atoms with Crippen molar-refractivity contribution in [1.82, 2.24) is 14.5 Å². The zero-order valence-electron chi connectivity index (χ0n) is 16.8. The number of hydrogen-bond acceptors (Lipinski definition) is 5. The van der Waals surface area contributed by atoms with E-state index in [4.69, 9.17) is 38.0 Å². The van der Waals surface area contributed by atoms with Gasteiger partial charge in [0.2, 0.25) is 0 Å². The summed E-state index contributed by atoms with van der Waals surface area (Å²) in [7, 11) is 1.55. The summed E-state index contributed by atoms with van der Waals surface area (Å²) in [4.78, 5) is 21.6. The standard InChI is InChI=1S/C24H16ClN3O3S/c1-30-20-6-3-2-5-18(20)28-23(29)21-16(19-7-4-12-31-19)13-17(26-22(21)27-24(28)32)14-8-10-15(25)11-9-14/h2-13H,1H3,(H,26,27,32). The smallest absolute Gasteiger partial charge is 0.269 e. The molecule has 0 spiro atoms. The van der Waals surface area contributed by atoms with Gasteiger partial charge < -0.3 is 14.1 Å². The first-order valence-corrected chi connectivity index (χ1v) is 10.5. The molecule has 0 saturated heterocycles. The van der Waals surface area contributed by atoms with Crippen molar-refractivity contribution < 1.29 is 9.15 Å². The van der Waals surface area contributed by atoms with Crippen LogP contribution in [-0.4, -0.2) is 21.6 Å². The lowest BCUT2D eigenvalue weighted by molar-refractivity contribution is 0.412. The fourth-order valence-electron chi connectivity index (χ4n) is 3.64. The minimum Gasteiger partial charge on any atom is -0.495 e. The largest absolute Gasteiger partial charge is 0.495 e. The summed E-state index contributed by atoms with van der Waals surface area (Å²) in [5, 5.41) is 0.983. The van der Waals surface area contributed by atoms with Gasteiger partial charge in [0.25, 0.3) is 5.56 Å². The van der Waals surface area contributed by atoms with E-state index < -0.39 is 0 Å². The van der Waals surface area contributed by atoms with Crippen LogP contribution in [0.2, 0.25) is 5.02 Å². The molecule has 0 unspecified atom stereocenters. The molecule has 3 aromatic heterocycles. The molecule has 5 aromatic rings. The molecule has 6 nitrogen and oxygen atoms in total. The van der Waals surface area contributed by atoms with Gasteiger partial charge in [0.05, 0.1) is 30.1 Å². The third-order valence-electron chi connectivity index (χ3n) is 5.12. The van der Waals surface area contributed by atoms with E-state index in [1.807, 2.05) is 30.3 Å². The Hall–Kier alpha value is -3.68. The van der Waals surface area contributed by atoms with Gasteiger partial charge in [-0.15, -0.1) is 0 Å². The second kappa shape index (κ2) is 8.11. The summed E-state index contributed by atoms with van der Waals surface area (Å²) in [5.74, 6) is 1.07. The molecule has 0 radical (unpaired) electrons. The van der Waals surface area contributed by atoms with E-state index in [9.17, 15) is 4.79 Å². The van der Waals surface area contributed by atoms with Crippen LogP contribution in [0, 0.1) is 4.77 Å². The molecular formula is C24H16ClN3O3S. The Balaban J connectivity index is 1.87. The van der Waals surface area contributed by atoms with Crippen LogP contribution in [0.5, 0.6) is 5.75 Å². The third kappa shape index (κ3) is 3.41. The van der Waals surface area contributed by atoms with Crippen molar-refractivity contribution in [1.29, 1.82) is 0 Å². The van der Waals surface area contributed by atoms with E-state index in [1.165, 1.54) is 4.57 Å². The highest BCUT2D eigenvalue weighted by Crippen LogP contribution is 2.31. The predicted molar refractivity (Wildman–Crippen MR) is 127 cm³/mol. The molecular weight excluding hydrogens is 446 g/mol. The number of fused-ring (bicyclic) bond motifs is 1. The summed E-state index contributed by atoms with van der Waals surface area (Å²) >= 11 is 11.6. The van der Waals surface area contributed by atoms with E-state index in [0.717, 1.165) is 5.56 Å². The van der Waals surface area contributed by atoms with Crippen LogP contribution in [0.3, 0.4) is 0 Å². The number of nitrogens with one attached hydrogen (secondary N) is 1. The molecule has 0 saturated carbocycles. The quantitative estimate of drug-likeness (QED) is 0.331. The maximum absolute atomic E-state index is 13.7. The Morgan fingerprint density at radius 1 is 1.09 bits per heavy atom. The monoisotopic (exact) mass is 461 g/mol. The molecule has 0 amide bonds. The maximum atomic E-state index is 13.7. The van der Waals surface area contributed by atoms with Crippen LogP contribution >= 0.6 is 23.8 Å². The van der Waals surface area contributed by atoms with Gasteiger partial charge in [0, 0.05) is 16.1 Å². The van der Waals surface area contributed by atoms with Gasteiger partial charge in [0.1, 0.15) is 17.2 Å². The van der Waals surface area contributed by atoms with Gasteiger partial charge >= 0.3 is 0 Å². The lowest BCUT2D eigenvalue weighted by atomic mass is 10.0. The van der Waals surface area contributed by atoms with Crippen LogP contribution in [0.15, 0.2) is 82.2 Å². The van der Waals surface area contributed by atoms with E-state index in [-0.39, 0.29) is 10.3 Å². The zero-order chi connectivity index (χ0) is 22.2. The minimum atomic E-state index is -0.324. The molecule has 0 aliphatic heterocycles. The lowest BCUT2D eigenvalue weighted by Gasteiger charge is -2.14. The number of furan rings is 1. The number of benzene rings is 2. The molecule has 1 N–H and O–H groups in total. The fourth-order valence-corrected chi connectivity index (χ4v) is 4.05. The molecule has 158 valence electrons. The highest BCUT2D eigenvalue weighted by molar-refractivity contribution is 7.71. The third-order valence-corrected chi connectivity index (χ3v) is 5.65. The lowest BCUT2D eigenvalue weighted by Crippen LogP contribution is -2.22. The second-order valence-corrected chi connectivity index (χ2v) is 7.83. The summed E-state index contributed by atoms with van der Waals surface area (Å²) in [6.07, 6.45) is 1.56. The molecule has 5 rings (SSSR count). The first kappa shape index (κ1) is 20.2. The molecule has 0 aliphatic rings. The van der Waals surface area contributed by atoms with Crippen molar-refractivity contribution in [2.24, 2.45) is 0 Å². The Kier molecular flexibility index (Phi) is 5.13. The summed E-state index contributed by atoms with van der Waals surface area (Å²) < 4.78 is 12.7. The number of pyridine rings is 1. The van der Waals surface area contributed by atoms with Crippen molar-refractivity contribution in [3.63, 3.8) is 0 Å². The molecule has 3 heterocycles. The SMILES string of the molecule is COc1ccccc1-n1c(=S)[nH]c2nc(-c3ccc(Cl)cc3)cc(-c3ccco3)c2c1=O. The fraction of sp³-hybridized carbons (Fsp3) is 0.0417. The molecule has 32 heavy (non-hydrogen) atoms. The number of nitrogens with zero attached hydrogens (tertiary/aromatic N) is 2. The van der Waals surface area contributed by atoms with Crippen molar-refractivity contribution in [3.8, 4) is 34.0 Å². The summed E-state index contributed by atoms with van der Waals surface area (Å²) in [6, 6.07) is 19.9. The van der Waals surface area contributed by atoms with E-state index >= 15 is 0 Å². The van der Waals surface area contributed by atoms with Gasteiger partial charge in [0.15, 0.2) is 4.77 Å². The average molecular weight is 462 g/mol. The molecule has 8 heteroatoms. The van der Waals surface area contributed by atoms with E-state index in [2.05, 4.69) is 4.98 Å². The van der Waals surface area contributed by atoms with Crippen LogP contribution in [0.25, 0.3) is 39.3 Å². The van der Waals surface area contributed by atoms with Crippen LogP contribution in [-0.2, 0) is 0 Å². The van der Waals surface area contributed by atoms with Crippen molar-refractivity contribution in [2.45, 2.75) is 0 Å². The highest BCUT2D eigenvalue weighted by Gasteiger charge is 2.19. The number of hydrogen-bond donors (Lipinski definition) is 1. The Labute approximate surface area is 192 Å². The summed E-state index contributed by atoms with van der Waals surface area (Å²) in [6.45, 7) is 0. The number of halogens is 1. The van der Waals surface area contributed by atoms with E-state index in [1.54, 1.807) is 49.8 Å². The number of aromatic amines is 1. The molecule has 0 bridgehead atoms. The highest BCUT2D eigenvalue weighted by atomic mass is 35.5. The van der Waals surface area contributed by atoms with Gasteiger partial charge in [-0.3, -0.25) is 4.79 Å². The molecule has 0 atom stereocenters. The normalized spacial score (nSPS) is 11.1. The Bertz CT molecular complexity index is 1560. The predicted octanol–water partition coefficient (Wildman–Crippen LogP) is 6.03. The Morgan fingerprint density at radius 3 is 2.59 bits per heavy atom. The molecule has 2 aromatic carbocycles. The van der Waals surface area contributed by atoms with Crippen LogP contribution in [0.1, 0.15) is 0 Å². The maximum Gasteiger partial charge on any atom is 0.269 e. The first-order chi connectivity index (χ1) is 15.6. The first-order valence-electron chi connectivity index (χ1n) is 9.70. The van der Waals surface area contributed by atoms with Gasteiger partial charge in [-0.05, 0) is 54.7 Å². The van der Waals surface area contributed by atoms with Crippen molar-refractivity contribution >= 4 is 34.9 Å². The van der Waals surface area contributed by atoms with Crippen LogP contribution in [0.4, 0.5) is 0 Å². The van der Waals surface area contributed by atoms with Crippen molar-refractivity contribution in [3.05, 3.63) is 93.1 Å². The average Bonchev–Trinajstić information content (AvgIpc) is 3.34. The number of para-hydroxylation sites is 2. The zero-order valence-corrected chi connectivity index (χ0v) is 18.4. The number of rotatable bonds is 4. The van der Waals surface area contributed by atoms with Gasteiger partial charge in [-0.1, -0.05) is 35.9 Å². The number of ether oxygens (including phenoxy) is 1. The van der Waals surface area contributed by atoms with Gasteiger partial charge in [-0.25, -0.2) is 9.55 Å². The van der Waals surface area contributed by atoms with E-state index in [0.29, 0.717) is 44.5 Å². The topological polar surface area (TPSA) is 73.1 Å². The van der Waals surface area contributed by atoms with Gasteiger partial charge in [-0.2, -0.15) is 0 Å². The number of H-pyrrole nitrogens is 1. The molecule has 0 aliphatic carbocycles. The van der Waals surface area contributed by atoms with Crippen molar-refractivity contribution in [2.75, 3.05) is 7.11 Å². The molecule has 0 fully saturated rings. The van der Waals surface area contributed by atoms with Crippen LogP contribution < -0.4 is 10.3 Å². The number of methoxy groups -OCH3 is 1. The Morgan fingerprint density at radius 2 is 1.88 bits per heavy atom. The minimum absolute atomic E-state index is 0.207.